The van der Waals surface area contributed by atoms with E-state index in [2.05, 4.69) is 10.3 Å². The van der Waals surface area contributed by atoms with E-state index >= 15 is 0 Å². The largest absolute Gasteiger partial charge is 0.389 e. The topological polar surface area (TPSA) is 50.9 Å². The Bertz CT molecular complexity index is 376. The van der Waals surface area contributed by atoms with Gasteiger partial charge in [0.15, 0.2) is 0 Å². The molecule has 2 saturated carbocycles. The molecule has 0 aromatic carbocycles. The molecule has 15 heavy (non-hydrogen) atoms. The van der Waals surface area contributed by atoms with E-state index in [0.717, 1.165) is 18.0 Å². The van der Waals surface area contributed by atoms with Crippen molar-refractivity contribution in [1.29, 1.82) is 0 Å². The highest BCUT2D eigenvalue weighted by Crippen LogP contribution is 2.51. The second kappa shape index (κ2) is 3.04. The van der Waals surface area contributed by atoms with Gasteiger partial charge in [0.2, 0.25) is 0 Å². The van der Waals surface area contributed by atoms with Crippen molar-refractivity contribution in [2.75, 3.05) is 0 Å². The molecule has 2 aliphatic carbocycles. The van der Waals surface area contributed by atoms with E-state index in [9.17, 15) is 5.11 Å². The number of aromatic nitrogens is 3. The lowest BCUT2D eigenvalue weighted by molar-refractivity contribution is -0.0133. The Kier molecular flexibility index (Phi) is 1.89. The Morgan fingerprint density at radius 2 is 2.47 bits per heavy atom. The summed E-state index contributed by atoms with van der Waals surface area (Å²) in [6.07, 6.45) is 7.28. The highest BCUT2D eigenvalue weighted by molar-refractivity contribution is 5.08. The van der Waals surface area contributed by atoms with Crippen LogP contribution in [-0.2, 0) is 13.5 Å². The average molecular weight is 207 g/mol. The third-order valence-electron chi connectivity index (χ3n) is 4.08. The maximum absolute atomic E-state index is 10.6. The van der Waals surface area contributed by atoms with E-state index in [0.29, 0.717) is 12.3 Å². The van der Waals surface area contributed by atoms with Crippen molar-refractivity contribution in [3.05, 3.63) is 11.9 Å². The fraction of sp³-hybridized carbons (Fsp3) is 0.818. The highest BCUT2D eigenvalue weighted by Gasteiger charge is 2.49. The number of nitrogens with zero attached hydrogens (tertiary/aromatic N) is 3. The molecule has 2 aliphatic rings. The smallest absolute Gasteiger partial charge is 0.0855 e. The van der Waals surface area contributed by atoms with Gasteiger partial charge < -0.3 is 5.11 Å². The van der Waals surface area contributed by atoms with Gasteiger partial charge in [-0.2, -0.15) is 0 Å². The molecule has 0 radical (unpaired) electrons. The first-order chi connectivity index (χ1) is 7.16. The van der Waals surface area contributed by atoms with Crippen LogP contribution in [0.5, 0.6) is 0 Å². The molecule has 4 heteroatoms. The van der Waals surface area contributed by atoms with Crippen LogP contribution in [0.3, 0.4) is 0 Å². The van der Waals surface area contributed by atoms with Crippen LogP contribution < -0.4 is 0 Å². The van der Waals surface area contributed by atoms with Crippen LogP contribution in [0.1, 0.15) is 31.4 Å². The second-order valence-electron chi connectivity index (χ2n) is 5.24. The lowest BCUT2D eigenvalue weighted by Gasteiger charge is -2.31. The van der Waals surface area contributed by atoms with Crippen molar-refractivity contribution in [3.8, 4) is 0 Å². The third kappa shape index (κ3) is 1.47. The van der Waals surface area contributed by atoms with Gasteiger partial charge in [-0.25, -0.2) is 0 Å². The predicted octanol–water partition coefficient (Wildman–Crippen LogP) is 0.909. The maximum Gasteiger partial charge on any atom is 0.0855 e. The quantitative estimate of drug-likeness (QED) is 0.784. The highest BCUT2D eigenvalue weighted by atomic mass is 16.3. The molecule has 4 nitrogen and oxygen atoms in total. The molecule has 0 amide bonds. The van der Waals surface area contributed by atoms with Crippen LogP contribution >= 0.6 is 0 Å². The fourth-order valence-electron chi connectivity index (χ4n) is 3.42. The molecule has 1 aromatic heterocycles. The Morgan fingerprint density at radius 1 is 1.60 bits per heavy atom. The van der Waals surface area contributed by atoms with Crippen molar-refractivity contribution in [2.24, 2.45) is 18.9 Å². The number of fused-ring (bicyclic) bond motifs is 2. The van der Waals surface area contributed by atoms with Crippen LogP contribution in [0, 0.1) is 11.8 Å². The molecular weight excluding hydrogens is 190 g/mol. The van der Waals surface area contributed by atoms with Crippen LogP contribution in [0.15, 0.2) is 6.20 Å². The standard InChI is InChI=1S/C11H17N3O/c1-14-7-10(12-13-14)6-11(15)5-8-2-3-9(11)4-8/h7-9,15H,2-6H2,1H3. The van der Waals surface area contributed by atoms with E-state index in [1.54, 1.807) is 4.68 Å². The van der Waals surface area contributed by atoms with Gasteiger partial charge >= 0.3 is 0 Å². The molecule has 2 bridgehead atoms. The fourth-order valence-corrected chi connectivity index (χ4v) is 3.42. The summed E-state index contributed by atoms with van der Waals surface area (Å²) >= 11 is 0. The molecule has 3 unspecified atom stereocenters. The zero-order valence-electron chi connectivity index (χ0n) is 9.06. The monoisotopic (exact) mass is 207 g/mol. The number of aryl methyl sites for hydroxylation is 1. The van der Waals surface area contributed by atoms with E-state index < -0.39 is 5.60 Å². The number of hydrogen-bond acceptors (Lipinski definition) is 3. The van der Waals surface area contributed by atoms with E-state index in [1.807, 2.05) is 13.2 Å². The van der Waals surface area contributed by atoms with Gasteiger partial charge in [-0.05, 0) is 37.5 Å². The molecule has 3 atom stereocenters. The minimum Gasteiger partial charge on any atom is -0.389 e. The lowest BCUT2D eigenvalue weighted by atomic mass is 9.81. The van der Waals surface area contributed by atoms with E-state index in [1.165, 1.54) is 19.3 Å². The molecule has 2 fully saturated rings. The number of aliphatic hydroxyl groups is 1. The summed E-state index contributed by atoms with van der Waals surface area (Å²) in [6, 6.07) is 0. The average Bonchev–Trinajstić information content (AvgIpc) is 2.81. The van der Waals surface area contributed by atoms with Gasteiger partial charge in [0.25, 0.3) is 0 Å². The second-order valence-corrected chi connectivity index (χ2v) is 5.24. The maximum atomic E-state index is 10.6. The Morgan fingerprint density at radius 3 is 3.00 bits per heavy atom. The summed E-state index contributed by atoms with van der Waals surface area (Å²) in [5.41, 5.74) is 0.437. The molecule has 1 N–H and O–H groups in total. The molecule has 0 spiro atoms. The summed E-state index contributed by atoms with van der Waals surface area (Å²) in [5.74, 6) is 1.26. The molecule has 1 heterocycles. The molecule has 3 rings (SSSR count). The van der Waals surface area contributed by atoms with Crippen LogP contribution in [0.4, 0.5) is 0 Å². The van der Waals surface area contributed by atoms with Gasteiger partial charge in [-0.3, -0.25) is 4.68 Å². The summed E-state index contributed by atoms with van der Waals surface area (Å²) < 4.78 is 1.70. The molecule has 82 valence electrons. The van der Waals surface area contributed by atoms with Gasteiger partial charge in [-0.1, -0.05) is 5.21 Å². The molecule has 1 aromatic rings. The summed E-state index contributed by atoms with van der Waals surface area (Å²) in [4.78, 5) is 0. The first-order valence-electron chi connectivity index (χ1n) is 5.73. The minimum atomic E-state index is -0.487. The summed E-state index contributed by atoms with van der Waals surface area (Å²) in [6.45, 7) is 0. The normalized spacial score (nSPS) is 38.8. The zero-order valence-corrected chi connectivity index (χ0v) is 9.06. The van der Waals surface area contributed by atoms with Crippen molar-refractivity contribution in [1.82, 2.24) is 15.0 Å². The van der Waals surface area contributed by atoms with Crippen molar-refractivity contribution < 1.29 is 5.11 Å². The molecule has 0 aliphatic heterocycles. The number of hydrogen-bond donors (Lipinski definition) is 1. The van der Waals surface area contributed by atoms with Gasteiger partial charge in [0, 0.05) is 19.7 Å². The SMILES string of the molecule is Cn1cc(CC2(O)CC3CCC2C3)nn1. The molecule has 0 saturated heterocycles. The van der Waals surface area contributed by atoms with E-state index in [4.69, 9.17) is 0 Å². The van der Waals surface area contributed by atoms with Crippen LogP contribution in [0.2, 0.25) is 0 Å². The predicted molar refractivity (Wildman–Crippen MR) is 55.1 cm³/mol. The minimum absolute atomic E-state index is 0.487. The summed E-state index contributed by atoms with van der Waals surface area (Å²) in [7, 11) is 1.86. The van der Waals surface area contributed by atoms with E-state index in [-0.39, 0.29) is 0 Å². The Hall–Kier alpha value is -0.900. The van der Waals surface area contributed by atoms with Crippen LogP contribution in [-0.4, -0.2) is 25.7 Å². The Labute approximate surface area is 89.3 Å². The first kappa shape index (κ1) is 9.33. The van der Waals surface area contributed by atoms with Crippen molar-refractivity contribution in [2.45, 2.75) is 37.7 Å². The number of rotatable bonds is 2. The zero-order chi connectivity index (χ0) is 10.5. The summed E-state index contributed by atoms with van der Waals surface area (Å²) in [5, 5.41) is 18.5. The van der Waals surface area contributed by atoms with Gasteiger partial charge in [-0.15, -0.1) is 5.10 Å². The van der Waals surface area contributed by atoms with Crippen molar-refractivity contribution in [3.63, 3.8) is 0 Å². The van der Waals surface area contributed by atoms with Crippen molar-refractivity contribution >= 4 is 0 Å². The van der Waals surface area contributed by atoms with Crippen LogP contribution in [0.25, 0.3) is 0 Å². The first-order valence-corrected chi connectivity index (χ1v) is 5.73. The third-order valence-corrected chi connectivity index (χ3v) is 4.08. The lowest BCUT2D eigenvalue weighted by Crippen LogP contribution is -2.37. The molecular formula is C11H17N3O. The van der Waals surface area contributed by atoms with Gasteiger partial charge in [0.1, 0.15) is 0 Å². The van der Waals surface area contributed by atoms with Gasteiger partial charge in [0.05, 0.1) is 11.3 Å². The Balaban J connectivity index is 1.77.